The van der Waals surface area contributed by atoms with Crippen LogP contribution in [0.5, 0.6) is 0 Å². The number of hydrogen-bond donors (Lipinski definition) is 1. The van der Waals surface area contributed by atoms with E-state index in [0.29, 0.717) is 23.3 Å². The highest BCUT2D eigenvalue weighted by molar-refractivity contribution is 7.09. The van der Waals surface area contributed by atoms with Crippen LogP contribution in [0.2, 0.25) is 0 Å². The highest BCUT2D eigenvalue weighted by Gasteiger charge is 2.15. The molecule has 2 aromatic heterocycles. The number of H-pyrrole nitrogens is 1. The summed E-state index contributed by atoms with van der Waals surface area (Å²) in [6, 6.07) is 20.8. The van der Waals surface area contributed by atoms with E-state index in [1.54, 1.807) is 46.6 Å². The Bertz CT molecular complexity index is 1200. The number of nitrogens with zero attached hydrogens (tertiary/aromatic N) is 2. The normalized spacial score (nSPS) is 11.2. The number of thiophene rings is 1. The Morgan fingerprint density at radius 2 is 1.79 bits per heavy atom. The third-order valence-corrected chi connectivity index (χ3v) is 5.32. The van der Waals surface area contributed by atoms with Crippen LogP contribution in [0.15, 0.2) is 83.0 Å². The van der Waals surface area contributed by atoms with Crippen LogP contribution in [0, 0.1) is 0 Å². The molecular weight excluding hydrogens is 382 g/mol. The molecular formula is C23H19N3O2S. The van der Waals surface area contributed by atoms with Crippen molar-refractivity contribution >= 4 is 34.2 Å². The molecule has 4 rings (SSSR count). The van der Waals surface area contributed by atoms with Crippen LogP contribution in [0.25, 0.3) is 17.0 Å². The van der Waals surface area contributed by atoms with E-state index in [4.69, 9.17) is 0 Å². The smallest absolute Gasteiger partial charge is 0.258 e. The Labute approximate surface area is 172 Å². The number of aromatic nitrogens is 2. The monoisotopic (exact) mass is 401 g/mol. The number of amides is 1. The first kappa shape index (κ1) is 18.8. The maximum atomic E-state index is 12.9. The van der Waals surface area contributed by atoms with Gasteiger partial charge >= 0.3 is 0 Å². The van der Waals surface area contributed by atoms with E-state index in [1.807, 2.05) is 53.9 Å². The maximum Gasteiger partial charge on any atom is 0.258 e. The molecule has 0 aliphatic carbocycles. The van der Waals surface area contributed by atoms with E-state index in [2.05, 4.69) is 9.97 Å². The zero-order chi connectivity index (χ0) is 20.1. The highest BCUT2D eigenvalue weighted by atomic mass is 32.1. The molecule has 1 amide bonds. The zero-order valence-electron chi connectivity index (χ0n) is 15.6. The van der Waals surface area contributed by atoms with Crippen LogP contribution in [0.1, 0.15) is 16.3 Å². The Kier molecular flexibility index (Phi) is 5.63. The third kappa shape index (κ3) is 4.67. The van der Waals surface area contributed by atoms with Crippen LogP contribution < -0.4 is 5.56 Å². The van der Waals surface area contributed by atoms with Crippen molar-refractivity contribution < 1.29 is 4.79 Å². The number of nitrogens with one attached hydrogen (secondary N) is 1. The van der Waals surface area contributed by atoms with Gasteiger partial charge in [0.1, 0.15) is 5.82 Å². The molecule has 0 spiro atoms. The maximum absolute atomic E-state index is 12.9. The Balaban J connectivity index is 1.61. The summed E-state index contributed by atoms with van der Waals surface area (Å²) in [6.45, 7) is 0.669. The summed E-state index contributed by atoms with van der Waals surface area (Å²) in [4.78, 5) is 35.4. The molecule has 0 aliphatic rings. The van der Waals surface area contributed by atoms with Crippen molar-refractivity contribution in [1.29, 1.82) is 0 Å². The van der Waals surface area contributed by atoms with Crippen LogP contribution in [0.4, 0.5) is 0 Å². The number of carbonyl (C=O) groups excluding carboxylic acids is 1. The van der Waals surface area contributed by atoms with Gasteiger partial charge in [0.15, 0.2) is 0 Å². The number of fused-ring (bicyclic) bond motifs is 1. The summed E-state index contributed by atoms with van der Waals surface area (Å²) in [5, 5.41) is 2.52. The van der Waals surface area contributed by atoms with Gasteiger partial charge in [0.05, 0.1) is 24.0 Å². The van der Waals surface area contributed by atoms with Crippen molar-refractivity contribution in [2.45, 2.75) is 13.1 Å². The first-order chi connectivity index (χ1) is 14.2. The number of aromatic amines is 1. The summed E-state index contributed by atoms with van der Waals surface area (Å²) in [6.07, 6.45) is 3.35. The van der Waals surface area contributed by atoms with Crippen molar-refractivity contribution in [2.75, 3.05) is 0 Å². The minimum absolute atomic E-state index is 0.141. The molecule has 0 atom stereocenters. The standard InChI is InChI=1S/C23H19N3O2S/c27-22(13-12-17-7-2-1-3-8-17)26(15-18-9-6-14-29-18)16-21-24-20-11-5-4-10-19(20)23(28)25-21/h1-14H,15-16H2,(H,24,25,28). The minimum Gasteiger partial charge on any atom is -0.327 e. The average molecular weight is 401 g/mol. The van der Waals surface area contributed by atoms with Gasteiger partial charge in [-0.05, 0) is 35.2 Å². The van der Waals surface area contributed by atoms with E-state index in [9.17, 15) is 9.59 Å². The summed E-state index contributed by atoms with van der Waals surface area (Å²) >= 11 is 1.59. The second-order valence-electron chi connectivity index (χ2n) is 6.55. The molecule has 29 heavy (non-hydrogen) atoms. The van der Waals surface area contributed by atoms with Crippen molar-refractivity contribution in [1.82, 2.24) is 14.9 Å². The molecule has 0 unspecified atom stereocenters. The summed E-state index contributed by atoms with van der Waals surface area (Å²) in [5.74, 6) is 0.324. The van der Waals surface area contributed by atoms with Crippen LogP contribution in [0.3, 0.4) is 0 Å². The zero-order valence-corrected chi connectivity index (χ0v) is 16.4. The van der Waals surface area contributed by atoms with Crippen LogP contribution in [-0.4, -0.2) is 20.8 Å². The van der Waals surface area contributed by atoms with Gasteiger partial charge < -0.3 is 9.88 Å². The molecule has 0 fully saturated rings. The second-order valence-corrected chi connectivity index (χ2v) is 7.58. The van der Waals surface area contributed by atoms with Gasteiger partial charge in [-0.3, -0.25) is 9.59 Å². The SMILES string of the molecule is O=C(C=Cc1ccccc1)N(Cc1nc2ccccc2c(=O)[nH]1)Cc1cccs1. The number of carbonyl (C=O) groups is 1. The minimum atomic E-state index is -0.200. The molecule has 0 bridgehead atoms. The van der Waals surface area contributed by atoms with Crippen LogP contribution >= 0.6 is 11.3 Å². The fourth-order valence-corrected chi connectivity index (χ4v) is 3.75. The Morgan fingerprint density at radius 1 is 1.00 bits per heavy atom. The number of hydrogen-bond acceptors (Lipinski definition) is 4. The molecule has 144 valence electrons. The predicted octanol–water partition coefficient (Wildman–Crippen LogP) is 4.23. The van der Waals surface area contributed by atoms with Gasteiger partial charge in [-0.25, -0.2) is 4.98 Å². The number of para-hydroxylation sites is 1. The van der Waals surface area contributed by atoms with Gasteiger partial charge in [0.25, 0.3) is 5.56 Å². The lowest BCUT2D eigenvalue weighted by atomic mass is 10.2. The quantitative estimate of drug-likeness (QED) is 0.492. The number of benzene rings is 2. The lowest BCUT2D eigenvalue weighted by Gasteiger charge is -2.20. The van der Waals surface area contributed by atoms with Crippen molar-refractivity contribution in [3.63, 3.8) is 0 Å². The van der Waals surface area contributed by atoms with Crippen molar-refractivity contribution in [3.05, 3.63) is 105 Å². The predicted molar refractivity (Wildman–Crippen MR) is 116 cm³/mol. The lowest BCUT2D eigenvalue weighted by Crippen LogP contribution is -2.30. The second kappa shape index (κ2) is 8.67. The molecule has 0 aliphatic heterocycles. The van der Waals surface area contributed by atoms with E-state index in [0.717, 1.165) is 10.4 Å². The van der Waals surface area contributed by atoms with Gasteiger partial charge in [-0.15, -0.1) is 11.3 Å². The molecule has 0 saturated carbocycles. The fraction of sp³-hybridized carbons (Fsp3) is 0.0870. The molecule has 2 aromatic carbocycles. The van der Waals surface area contributed by atoms with E-state index in [-0.39, 0.29) is 18.0 Å². The molecule has 0 radical (unpaired) electrons. The van der Waals surface area contributed by atoms with E-state index < -0.39 is 0 Å². The van der Waals surface area contributed by atoms with Crippen molar-refractivity contribution in [2.24, 2.45) is 0 Å². The molecule has 0 saturated heterocycles. The number of rotatable bonds is 6. The van der Waals surface area contributed by atoms with E-state index >= 15 is 0 Å². The average Bonchev–Trinajstić information content (AvgIpc) is 3.25. The molecule has 6 heteroatoms. The first-order valence-corrected chi connectivity index (χ1v) is 10.1. The largest absolute Gasteiger partial charge is 0.327 e. The van der Waals surface area contributed by atoms with Crippen LogP contribution in [-0.2, 0) is 17.9 Å². The van der Waals surface area contributed by atoms with Gasteiger partial charge in [0, 0.05) is 11.0 Å². The molecule has 1 N–H and O–H groups in total. The summed E-state index contributed by atoms with van der Waals surface area (Å²) < 4.78 is 0. The Morgan fingerprint density at radius 3 is 2.59 bits per heavy atom. The van der Waals surface area contributed by atoms with E-state index in [1.165, 1.54) is 0 Å². The summed E-state index contributed by atoms with van der Waals surface area (Å²) in [5.41, 5.74) is 1.37. The van der Waals surface area contributed by atoms with Gasteiger partial charge in [-0.2, -0.15) is 0 Å². The molecule has 2 heterocycles. The van der Waals surface area contributed by atoms with Gasteiger partial charge in [0.2, 0.25) is 5.91 Å². The summed E-state index contributed by atoms with van der Waals surface area (Å²) in [7, 11) is 0. The topological polar surface area (TPSA) is 66.1 Å². The van der Waals surface area contributed by atoms with Gasteiger partial charge in [-0.1, -0.05) is 48.5 Å². The fourth-order valence-electron chi connectivity index (χ4n) is 3.03. The third-order valence-electron chi connectivity index (χ3n) is 4.46. The molecule has 4 aromatic rings. The Hall–Kier alpha value is -3.51. The lowest BCUT2D eigenvalue weighted by molar-refractivity contribution is -0.127. The molecule has 5 nitrogen and oxygen atoms in total. The highest BCUT2D eigenvalue weighted by Crippen LogP contribution is 2.15. The first-order valence-electron chi connectivity index (χ1n) is 9.21. The van der Waals surface area contributed by atoms with Crippen molar-refractivity contribution in [3.8, 4) is 0 Å².